The van der Waals surface area contributed by atoms with Gasteiger partial charge in [0.05, 0.1) is 11.0 Å². The van der Waals surface area contributed by atoms with E-state index in [0.717, 1.165) is 18.4 Å². The van der Waals surface area contributed by atoms with Crippen molar-refractivity contribution < 1.29 is 24.7 Å². The molecule has 2 unspecified atom stereocenters. The Labute approximate surface area is 199 Å². The van der Waals surface area contributed by atoms with E-state index in [1.807, 2.05) is 24.3 Å². The molecule has 1 fully saturated rings. The third kappa shape index (κ3) is 6.20. The average molecular weight is 469 g/mol. The lowest BCUT2D eigenvalue weighted by Crippen LogP contribution is -2.45. The number of aryl methyl sites for hydroxylation is 1. The van der Waals surface area contributed by atoms with Gasteiger partial charge >= 0.3 is 5.97 Å². The van der Waals surface area contributed by atoms with Crippen LogP contribution >= 0.6 is 0 Å². The number of hydrogen-bond donors (Lipinski definition) is 2. The number of amides is 1. The Morgan fingerprint density at radius 3 is 2.68 bits per heavy atom. The number of piperidine rings is 1. The van der Waals surface area contributed by atoms with Crippen LogP contribution in [0.1, 0.15) is 74.7 Å². The molecule has 182 valence electrons. The quantitative estimate of drug-likeness (QED) is 0.355. The van der Waals surface area contributed by atoms with Crippen molar-refractivity contribution in [1.82, 2.24) is 0 Å². The number of anilines is 1. The topological polar surface area (TPSA) is 121 Å². The van der Waals surface area contributed by atoms with Gasteiger partial charge in [-0.15, -0.1) is 0 Å². The maximum Gasteiger partial charge on any atom is 0.303 e. The average Bonchev–Trinajstić information content (AvgIpc) is 2.81. The summed E-state index contributed by atoms with van der Waals surface area (Å²) in [5.41, 5.74) is 2.26. The van der Waals surface area contributed by atoms with Crippen LogP contribution in [-0.4, -0.2) is 33.1 Å². The largest absolute Gasteiger partial charge is 0.481 e. The molecule has 1 aliphatic heterocycles. The van der Waals surface area contributed by atoms with Gasteiger partial charge in [-0.2, -0.15) is 0 Å². The van der Waals surface area contributed by atoms with Crippen molar-refractivity contribution in [2.45, 2.75) is 76.9 Å². The van der Waals surface area contributed by atoms with Crippen LogP contribution in [0.2, 0.25) is 0 Å². The first-order valence-corrected chi connectivity index (χ1v) is 11.9. The van der Waals surface area contributed by atoms with E-state index in [1.54, 1.807) is 23.1 Å². The number of carbonyl (C=O) groups excluding carboxylic acids is 1. The van der Waals surface area contributed by atoms with Gasteiger partial charge in [0.15, 0.2) is 0 Å². The molecule has 8 heteroatoms. The zero-order valence-electron chi connectivity index (χ0n) is 19.5. The predicted octanol–water partition coefficient (Wildman–Crippen LogP) is 4.96. The molecular formula is C26H32N2O6. The molecule has 2 aromatic carbocycles. The van der Waals surface area contributed by atoms with Gasteiger partial charge in [0.25, 0.3) is 5.69 Å². The van der Waals surface area contributed by atoms with Crippen LogP contribution in [0.4, 0.5) is 11.4 Å². The molecule has 1 heterocycles. The number of carbonyl (C=O) groups is 2. The summed E-state index contributed by atoms with van der Waals surface area (Å²) in [6, 6.07) is 12.1. The van der Waals surface area contributed by atoms with Crippen LogP contribution in [0.5, 0.6) is 0 Å². The highest BCUT2D eigenvalue weighted by Crippen LogP contribution is 2.33. The van der Waals surface area contributed by atoms with E-state index in [0.29, 0.717) is 48.9 Å². The van der Waals surface area contributed by atoms with E-state index in [2.05, 4.69) is 6.92 Å². The number of nitrogens with zero attached hydrogens (tertiary/aromatic N) is 2. The SMILES string of the molecule is CCCCC(O)c1cccc(N2C(=O)CCCC2Cc2cccc(CCC(=O)O)c2[N+](=O)[O-])c1. The summed E-state index contributed by atoms with van der Waals surface area (Å²) in [4.78, 5) is 37.1. The smallest absolute Gasteiger partial charge is 0.303 e. The minimum Gasteiger partial charge on any atom is -0.481 e. The highest BCUT2D eigenvalue weighted by Gasteiger charge is 2.32. The van der Waals surface area contributed by atoms with Crippen molar-refractivity contribution in [2.75, 3.05) is 4.90 Å². The Morgan fingerprint density at radius 2 is 1.97 bits per heavy atom. The Morgan fingerprint density at radius 1 is 1.24 bits per heavy atom. The van der Waals surface area contributed by atoms with Crippen LogP contribution in [0.25, 0.3) is 0 Å². The first-order chi connectivity index (χ1) is 16.3. The zero-order valence-corrected chi connectivity index (χ0v) is 19.5. The standard InChI is InChI=1S/C26H32N2O6/c1-2-3-12-23(29)19-8-5-10-21(16-19)27-22(11-6-13-24(27)30)17-20-9-4-7-18(14-15-25(31)32)26(20)28(33)34/h4-5,7-10,16,22-23,29H,2-3,6,11-15,17H2,1H3,(H,31,32). The normalized spacial score (nSPS) is 16.9. The monoisotopic (exact) mass is 468 g/mol. The molecule has 3 rings (SSSR count). The third-order valence-electron chi connectivity index (χ3n) is 6.38. The Hall–Kier alpha value is -3.26. The molecule has 1 saturated heterocycles. The van der Waals surface area contributed by atoms with Crippen molar-refractivity contribution >= 4 is 23.3 Å². The molecule has 0 saturated carbocycles. The fourth-order valence-electron chi connectivity index (χ4n) is 4.68. The van der Waals surface area contributed by atoms with E-state index in [-0.39, 0.29) is 30.5 Å². The molecule has 1 amide bonds. The summed E-state index contributed by atoms with van der Waals surface area (Å²) in [5.74, 6) is -1.05. The number of hydrogen-bond acceptors (Lipinski definition) is 5. The number of nitro groups is 1. The van der Waals surface area contributed by atoms with Crippen molar-refractivity contribution in [1.29, 1.82) is 0 Å². The lowest BCUT2D eigenvalue weighted by atomic mass is 9.91. The lowest BCUT2D eigenvalue weighted by molar-refractivity contribution is -0.386. The molecular weight excluding hydrogens is 436 g/mol. The highest BCUT2D eigenvalue weighted by atomic mass is 16.6. The van der Waals surface area contributed by atoms with E-state index in [1.165, 1.54) is 0 Å². The number of aliphatic carboxylic acids is 1. The number of benzene rings is 2. The summed E-state index contributed by atoms with van der Waals surface area (Å²) in [5, 5.41) is 31.4. The van der Waals surface area contributed by atoms with Gasteiger partial charge in [0.2, 0.25) is 5.91 Å². The van der Waals surface area contributed by atoms with Gasteiger partial charge in [-0.05, 0) is 43.4 Å². The number of nitro benzene ring substituents is 1. The molecule has 2 aromatic rings. The van der Waals surface area contributed by atoms with Crippen LogP contribution < -0.4 is 4.90 Å². The second-order valence-corrected chi connectivity index (χ2v) is 8.84. The van der Waals surface area contributed by atoms with Gasteiger partial charge in [-0.1, -0.05) is 50.1 Å². The molecule has 0 spiro atoms. The molecule has 8 nitrogen and oxygen atoms in total. The van der Waals surface area contributed by atoms with Crippen LogP contribution in [0.15, 0.2) is 42.5 Å². The summed E-state index contributed by atoms with van der Waals surface area (Å²) < 4.78 is 0. The molecule has 0 aromatic heterocycles. The minimum absolute atomic E-state index is 0.0406. The fourth-order valence-corrected chi connectivity index (χ4v) is 4.68. The van der Waals surface area contributed by atoms with Crippen molar-refractivity contribution in [3.63, 3.8) is 0 Å². The van der Waals surface area contributed by atoms with Crippen molar-refractivity contribution in [2.24, 2.45) is 0 Å². The Balaban J connectivity index is 1.91. The van der Waals surface area contributed by atoms with Gasteiger partial charge in [0, 0.05) is 42.1 Å². The maximum atomic E-state index is 13.0. The minimum atomic E-state index is -1.01. The number of para-hydroxylation sites is 1. The van der Waals surface area contributed by atoms with Crippen LogP contribution in [-0.2, 0) is 22.4 Å². The number of carboxylic acid groups (broad SMARTS) is 1. The lowest BCUT2D eigenvalue weighted by Gasteiger charge is -2.36. The third-order valence-corrected chi connectivity index (χ3v) is 6.38. The van der Waals surface area contributed by atoms with Crippen LogP contribution in [0.3, 0.4) is 0 Å². The van der Waals surface area contributed by atoms with Gasteiger partial charge in [-0.3, -0.25) is 19.7 Å². The summed E-state index contributed by atoms with van der Waals surface area (Å²) in [7, 11) is 0. The summed E-state index contributed by atoms with van der Waals surface area (Å²) in [6.07, 6.45) is 3.90. The molecule has 2 N–H and O–H groups in total. The molecule has 34 heavy (non-hydrogen) atoms. The second-order valence-electron chi connectivity index (χ2n) is 8.84. The Kier molecular flexibility index (Phi) is 8.76. The van der Waals surface area contributed by atoms with E-state index < -0.39 is 17.0 Å². The van der Waals surface area contributed by atoms with E-state index >= 15 is 0 Å². The number of aliphatic hydroxyl groups excluding tert-OH is 1. The second kappa shape index (κ2) is 11.7. The van der Waals surface area contributed by atoms with E-state index in [9.17, 15) is 24.8 Å². The predicted molar refractivity (Wildman–Crippen MR) is 129 cm³/mol. The van der Waals surface area contributed by atoms with E-state index in [4.69, 9.17) is 5.11 Å². The van der Waals surface area contributed by atoms with Crippen molar-refractivity contribution in [3.05, 3.63) is 69.3 Å². The summed E-state index contributed by atoms with van der Waals surface area (Å²) >= 11 is 0. The van der Waals surface area contributed by atoms with Gasteiger partial charge in [-0.25, -0.2) is 0 Å². The molecule has 1 aliphatic rings. The summed E-state index contributed by atoms with van der Waals surface area (Å²) in [6.45, 7) is 2.07. The number of unbranched alkanes of at least 4 members (excludes halogenated alkanes) is 1. The number of aliphatic hydroxyl groups is 1. The first kappa shape index (κ1) is 25.4. The highest BCUT2D eigenvalue weighted by molar-refractivity contribution is 5.94. The first-order valence-electron chi connectivity index (χ1n) is 11.9. The van der Waals surface area contributed by atoms with Gasteiger partial charge in [0.1, 0.15) is 0 Å². The Bertz CT molecular complexity index is 1040. The number of carboxylic acids is 1. The molecule has 0 aliphatic carbocycles. The molecule has 0 bridgehead atoms. The molecule has 0 radical (unpaired) electrons. The zero-order chi connectivity index (χ0) is 24.7. The molecule has 2 atom stereocenters. The van der Waals surface area contributed by atoms with Crippen LogP contribution in [0, 0.1) is 10.1 Å². The van der Waals surface area contributed by atoms with Crippen molar-refractivity contribution in [3.8, 4) is 0 Å². The van der Waals surface area contributed by atoms with Gasteiger partial charge < -0.3 is 15.1 Å². The number of rotatable bonds is 11. The fraction of sp³-hybridized carbons (Fsp3) is 0.462. The maximum absolute atomic E-state index is 13.0.